The fourth-order valence-electron chi connectivity index (χ4n) is 1.48. The highest BCUT2D eigenvalue weighted by Crippen LogP contribution is 2.25. The molecule has 0 fully saturated rings. The smallest absolute Gasteiger partial charge is 0.269 e. The molecule has 0 aliphatic carbocycles. The van der Waals surface area contributed by atoms with Gasteiger partial charge in [-0.15, -0.1) is 0 Å². The summed E-state index contributed by atoms with van der Waals surface area (Å²) < 4.78 is 5.10. The maximum absolute atomic E-state index is 10.5. The minimum atomic E-state index is -0.396. The van der Waals surface area contributed by atoms with Gasteiger partial charge in [0.2, 0.25) is 0 Å². The van der Waals surface area contributed by atoms with Gasteiger partial charge in [-0.25, -0.2) is 0 Å². The Balaban J connectivity index is 2.93. The molecule has 0 aromatic heterocycles. The number of hydrogen-bond donors (Lipinski definition) is 0. The number of rotatable bonds is 4. The average Bonchev–Trinajstić information content (AvgIpc) is 2.18. The molecule has 0 spiro atoms. The molecule has 1 aromatic carbocycles. The predicted molar refractivity (Wildman–Crippen MR) is 58.0 cm³/mol. The van der Waals surface area contributed by atoms with Crippen LogP contribution in [0.25, 0.3) is 0 Å². The zero-order valence-corrected chi connectivity index (χ0v) is 9.19. The minimum absolute atomic E-state index is 0.118. The van der Waals surface area contributed by atoms with E-state index in [-0.39, 0.29) is 11.1 Å². The number of benzene rings is 1. The predicted octanol–water partition coefficient (Wildman–Crippen LogP) is 2.52. The maximum atomic E-state index is 10.5. The highest BCUT2D eigenvalue weighted by Gasteiger charge is 2.20. The van der Waals surface area contributed by atoms with E-state index in [1.54, 1.807) is 19.2 Å². The minimum Gasteiger partial charge on any atom is -0.384 e. The monoisotopic (exact) mass is 209 g/mol. The molecule has 4 nitrogen and oxygen atoms in total. The van der Waals surface area contributed by atoms with Gasteiger partial charge in [-0.05, 0) is 5.56 Å². The van der Waals surface area contributed by atoms with Crippen LogP contribution in [0.5, 0.6) is 0 Å². The second-order valence-corrected chi connectivity index (χ2v) is 4.12. The van der Waals surface area contributed by atoms with E-state index < -0.39 is 4.92 Å². The molecule has 0 saturated heterocycles. The first-order chi connectivity index (χ1) is 6.97. The molecule has 4 heteroatoms. The molecule has 1 aromatic rings. The lowest BCUT2D eigenvalue weighted by Gasteiger charge is -2.23. The summed E-state index contributed by atoms with van der Waals surface area (Å²) in [5.41, 5.74) is 1.03. The lowest BCUT2D eigenvalue weighted by Crippen LogP contribution is -2.23. The van der Waals surface area contributed by atoms with Crippen molar-refractivity contribution in [1.82, 2.24) is 0 Å². The van der Waals surface area contributed by atoms with Crippen LogP contribution in [0.2, 0.25) is 0 Å². The van der Waals surface area contributed by atoms with E-state index >= 15 is 0 Å². The quantitative estimate of drug-likeness (QED) is 0.565. The van der Waals surface area contributed by atoms with Crippen molar-refractivity contribution >= 4 is 5.69 Å². The Hall–Kier alpha value is -1.42. The molecule has 0 amide bonds. The number of nitro benzene ring substituents is 1. The van der Waals surface area contributed by atoms with Crippen molar-refractivity contribution in [2.45, 2.75) is 19.3 Å². The lowest BCUT2D eigenvalue weighted by atomic mass is 9.85. The Morgan fingerprint density at radius 1 is 1.33 bits per heavy atom. The molecule has 15 heavy (non-hydrogen) atoms. The van der Waals surface area contributed by atoms with Gasteiger partial charge in [0.25, 0.3) is 5.69 Å². The number of nitrogens with zero attached hydrogens (tertiary/aromatic N) is 1. The van der Waals surface area contributed by atoms with Gasteiger partial charge in [-0.1, -0.05) is 26.0 Å². The van der Waals surface area contributed by atoms with Crippen LogP contribution in [-0.2, 0) is 10.2 Å². The molecule has 0 bridgehead atoms. The van der Waals surface area contributed by atoms with Crippen molar-refractivity contribution in [3.05, 3.63) is 39.9 Å². The summed E-state index contributed by atoms with van der Waals surface area (Å²) in [5, 5.41) is 10.5. The Morgan fingerprint density at radius 3 is 2.27 bits per heavy atom. The summed E-state index contributed by atoms with van der Waals surface area (Å²) in [4.78, 5) is 10.1. The molecule has 0 aliphatic heterocycles. The van der Waals surface area contributed by atoms with Crippen LogP contribution in [0.15, 0.2) is 24.3 Å². The van der Waals surface area contributed by atoms with Gasteiger partial charge >= 0.3 is 0 Å². The van der Waals surface area contributed by atoms with E-state index in [0.717, 1.165) is 5.56 Å². The molecular weight excluding hydrogens is 194 g/mol. The zero-order chi connectivity index (χ0) is 11.5. The zero-order valence-electron chi connectivity index (χ0n) is 9.19. The highest BCUT2D eigenvalue weighted by molar-refractivity contribution is 5.35. The molecule has 1 rings (SSSR count). The van der Waals surface area contributed by atoms with Crippen molar-refractivity contribution in [2.75, 3.05) is 13.7 Å². The van der Waals surface area contributed by atoms with E-state index in [1.807, 2.05) is 13.8 Å². The topological polar surface area (TPSA) is 52.4 Å². The van der Waals surface area contributed by atoms with E-state index in [1.165, 1.54) is 12.1 Å². The Bertz CT molecular complexity index is 343. The SMILES string of the molecule is COCC(C)(C)c1ccc([N+](=O)[O-])cc1. The van der Waals surface area contributed by atoms with E-state index in [4.69, 9.17) is 4.74 Å². The van der Waals surface area contributed by atoms with E-state index in [2.05, 4.69) is 0 Å². The standard InChI is InChI=1S/C11H15NO3/c1-11(2,8-15-3)9-4-6-10(7-5-9)12(13)14/h4-7H,8H2,1-3H3. The molecule has 0 heterocycles. The van der Waals surface area contributed by atoms with Crippen molar-refractivity contribution in [3.8, 4) is 0 Å². The number of hydrogen-bond acceptors (Lipinski definition) is 3. The van der Waals surface area contributed by atoms with Gasteiger partial charge in [-0.3, -0.25) is 10.1 Å². The van der Waals surface area contributed by atoms with Crippen molar-refractivity contribution in [3.63, 3.8) is 0 Å². The molecule has 0 saturated carbocycles. The normalized spacial score (nSPS) is 11.4. The van der Waals surface area contributed by atoms with Crippen molar-refractivity contribution < 1.29 is 9.66 Å². The first-order valence-electron chi connectivity index (χ1n) is 4.71. The Labute approximate surface area is 89.0 Å². The molecular formula is C11H15NO3. The molecule has 0 atom stereocenters. The second-order valence-electron chi connectivity index (χ2n) is 4.12. The maximum Gasteiger partial charge on any atom is 0.269 e. The van der Waals surface area contributed by atoms with Crippen LogP contribution in [0.1, 0.15) is 19.4 Å². The molecule has 0 aliphatic rings. The molecule has 0 unspecified atom stereocenters. The third-order valence-corrected chi connectivity index (χ3v) is 2.36. The van der Waals surface area contributed by atoms with Gasteiger partial charge in [0, 0.05) is 24.7 Å². The number of methoxy groups -OCH3 is 1. The first-order valence-corrected chi connectivity index (χ1v) is 4.71. The summed E-state index contributed by atoms with van der Waals surface area (Å²) in [6, 6.07) is 6.59. The van der Waals surface area contributed by atoms with Crippen molar-refractivity contribution in [1.29, 1.82) is 0 Å². The number of ether oxygens (including phenoxy) is 1. The summed E-state index contributed by atoms with van der Waals surface area (Å²) in [6.07, 6.45) is 0. The largest absolute Gasteiger partial charge is 0.384 e. The van der Waals surface area contributed by atoms with Gasteiger partial charge in [0.15, 0.2) is 0 Å². The van der Waals surface area contributed by atoms with Crippen LogP contribution in [-0.4, -0.2) is 18.6 Å². The summed E-state index contributed by atoms with van der Waals surface area (Å²) in [5.74, 6) is 0. The summed E-state index contributed by atoms with van der Waals surface area (Å²) in [6.45, 7) is 4.67. The third kappa shape index (κ3) is 2.76. The summed E-state index contributed by atoms with van der Waals surface area (Å²) >= 11 is 0. The fraction of sp³-hybridized carbons (Fsp3) is 0.455. The van der Waals surface area contributed by atoms with E-state index in [9.17, 15) is 10.1 Å². The molecule has 0 N–H and O–H groups in total. The van der Waals surface area contributed by atoms with Gasteiger partial charge in [0.1, 0.15) is 0 Å². The summed E-state index contributed by atoms with van der Waals surface area (Å²) in [7, 11) is 1.65. The number of nitro groups is 1. The van der Waals surface area contributed by atoms with Gasteiger partial charge in [-0.2, -0.15) is 0 Å². The van der Waals surface area contributed by atoms with Crippen LogP contribution in [0.4, 0.5) is 5.69 Å². The van der Waals surface area contributed by atoms with Crippen molar-refractivity contribution in [2.24, 2.45) is 0 Å². The average molecular weight is 209 g/mol. The first kappa shape index (κ1) is 11.7. The van der Waals surface area contributed by atoms with Crippen LogP contribution in [0.3, 0.4) is 0 Å². The van der Waals surface area contributed by atoms with E-state index in [0.29, 0.717) is 6.61 Å². The second kappa shape index (κ2) is 4.40. The molecule has 0 radical (unpaired) electrons. The lowest BCUT2D eigenvalue weighted by molar-refractivity contribution is -0.384. The fourth-order valence-corrected chi connectivity index (χ4v) is 1.48. The van der Waals surface area contributed by atoms with Crippen LogP contribution >= 0.6 is 0 Å². The van der Waals surface area contributed by atoms with Gasteiger partial charge in [0.05, 0.1) is 11.5 Å². The highest BCUT2D eigenvalue weighted by atomic mass is 16.6. The molecule has 82 valence electrons. The Kier molecular flexibility index (Phi) is 3.42. The number of non-ortho nitro benzene ring substituents is 1. The van der Waals surface area contributed by atoms with Crippen LogP contribution in [0, 0.1) is 10.1 Å². The Morgan fingerprint density at radius 2 is 1.87 bits per heavy atom. The van der Waals surface area contributed by atoms with Crippen LogP contribution < -0.4 is 0 Å². The third-order valence-electron chi connectivity index (χ3n) is 2.36. The van der Waals surface area contributed by atoms with Gasteiger partial charge < -0.3 is 4.74 Å².